The first-order chi connectivity index (χ1) is 12.5. The number of carbonyl (C=O) groups is 1. The van der Waals surface area contributed by atoms with Crippen LogP contribution in [-0.4, -0.2) is 60.4 Å². The van der Waals surface area contributed by atoms with Crippen molar-refractivity contribution >= 4 is 17.5 Å². The summed E-state index contributed by atoms with van der Waals surface area (Å²) < 4.78 is 5.55. The lowest BCUT2D eigenvalue weighted by atomic mass is 10.2. The third-order valence-electron chi connectivity index (χ3n) is 4.73. The van der Waals surface area contributed by atoms with Crippen molar-refractivity contribution in [3.05, 3.63) is 58.5 Å². The van der Waals surface area contributed by atoms with Gasteiger partial charge in [0.15, 0.2) is 0 Å². The Kier molecular flexibility index (Phi) is 6.35. The molecule has 1 saturated heterocycles. The van der Waals surface area contributed by atoms with Gasteiger partial charge in [-0.05, 0) is 36.8 Å². The Hall–Kier alpha value is -1.82. The summed E-state index contributed by atoms with van der Waals surface area (Å²) in [7, 11) is 1.83. The molecule has 3 rings (SSSR count). The van der Waals surface area contributed by atoms with Crippen molar-refractivity contribution in [2.45, 2.75) is 20.0 Å². The highest BCUT2D eigenvalue weighted by Crippen LogP contribution is 2.14. The molecule has 6 heteroatoms. The molecule has 1 aliphatic rings. The second-order valence-corrected chi connectivity index (χ2v) is 7.38. The van der Waals surface area contributed by atoms with Crippen LogP contribution in [0.25, 0.3) is 0 Å². The maximum atomic E-state index is 12.4. The standard InChI is InChI=1S/C20H26ClN3O2/c1-16-6-7-19(26-16)14-22(2)20(25)15-24-10-8-23(9-11-24)13-17-4-3-5-18(21)12-17/h3-7,12H,8-11,13-15H2,1-2H3. The predicted octanol–water partition coefficient (Wildman–Crippen LogP) is 3.02. The minimum atomic E-state index is 0.127. The van der Waals surface area contributed by atoms with Crippen LogP contribution in [0, 0.1) is 6.92 Å². The van der Waals surface area contributed by atoms with Crippen molar-refractivity contribution < 1.29 is 9.21 Å². The van der Waals surface area contributed by atoms with Crippen LogP contribution in [-0.2, 0) is 17.9 Å². The second kappa shape index (κ2) is 8.71. The Bertz CT molecular complexity index is 738. The number of carbonyl (C=O) groups excluding carboxylic acids is 1. The van der Waals surface area contributed by atoms with Gasteiger partial charge < -0.3 is 9.32 Å². The lowest BCUT2D eigenvalue weighted by molar-refractivity contribution is -0.132. The molecule has 0 N–H and O–H groups in total. The normalized spacial score (nSPS) is 16.0. The van der Waals surface area contributed by atoms with Gasteiger partial charge in [0.2, 0.25) is 5.91 Å². The lowest BCUT2D eigenvalue weighted by Crippen LogP contribution is -2.49. The minimum Gasteiger partial charge on any atom is -0.464 e. The highest BCUT2D eigenvalue weighted by atomic mass is 35.5. The van der Waals surface area contributed by atoms with E-state index in [0.29, 0.717) is 13.1 Å². The molecular formula is C20H26ClN3O2. The predicted molar refractivity (Wildman–Crippen MR) is 103 cm³/mol. The summed E-state index contributed by atoms with van der Waals surface area (Å²) >= 11 is 6.06. The van der Waals surface area contributed by atoms with E-state index in [1.807, 2.05) is 44.3 Å². The van der Waals surface area contributed by atoms with Crippen molar-refractivity contribution in [2.75, 3.05) is 39.8 Å². The van der Waals surface area contributed by atoms with Crippen molar-refractivity contribution in [1.82, 2.24) is 14.7 Å². The molecule has 0 spiro atoms. The van der Waals surface area contributed by atoms with Gasteiger partial charge in [-0.25, -0.2) is 0 Å². The molecule has 1 aromatic heterocycles. The van der Waals surface area contributed by atoms with E-state index in [2.05, 4.69) is 15.9 Å². The Morgan fingerprint density at radius 2 is 1.88 bits per heavy atom. The van der Waals surface area contributed by atoms with Crippen molar-refractivity contribution in [3.8, 4) is 0 Å². The molecule has 0 aliphatic carbocycles. The topological polar surface area (TPSA) is 39.9 Å². The highest BCUT2D eigenvalue weighted by molar-refractivity contribution is 6.30. The van der Waals surface area contributed by atoms with Gasteiger partial charge >= 0.3 is 0 Å². The van der Waals surface area contributed by atoms with Gasteiger partial charge in [0.25, 0.3) is 0 Å². The zero-order valence-corrected chi connectivity index (χ0v) is 16.2. The number of likely N-dealkylation sites (N-methyl/N-ethyl adjacent to an activating group) is 1. The Balaban J connectivity index is 1.42. The molecule has 0 bridgehead atoms. The lowest BCUT2D eigenvalue weighted by Gasteiger charge is -2.35. The van der Waals surface area contributed by atoms with Crippen molar-refractivity contribution in [1.29, 1.82) is 0 Å². The zero-order chi connectivity index (χ0) is 18.5. The van der Waals surface area contributed by atoms with E-state index in [4.69, 9.17) is 16.0 Å². The molecule has 1 amide bonds. The number of piperazine rings is 1. The Morgan fingerprint density at radius 1 is 1.15 bits per heavy atom. The zero-order valence-electron chi connectivity index (χ0n) is 15.4. The number of benzene rings is 1. The summed E-state index contributed by atoms with van der Waals surface area (Å²) in [5.74, 6) is 1.82. The van der Waals surface area contributed by atoms with E-state index in [0.717, 1.165) is 49.3 Å². The molecule has 0 atom stereocenters. The third-order valence-corrected chi connectivity index (χ3v) is 4.97. The Morgan fingerprint density at radius 3 is 2.54 bits per heavy atom. The summed E-state index contributed by atoms with van der Waals surface area (Å²) in [5.41, 5.74) is 1.23. The monoisotopic (exact) mass is 375 g/mol. The average Bonchev–Trinajstić information content (AvgIpc) is 3.01. The van der Waals surface area contributed by atoms with Gasteiger partial charge in [-0.1, -0.05) is 23.7 Å². The minimum absolute atomic E-state index is 0.127. The van der Waals surface area contributed by atoms with Crippen LogP contribution in [0.4, 0.5) is 0 Å². The van der Waals surface area contributed by atoms with Crippen LogP contribution in [0.1, 0.15) is 17.1 Å². The molecule has 26 heavy (non-hydrogen) atoms. The van der Waals surface area contributed by atoms with E-state index in [1.54, 1.807) is 4.90 Å². The molecule has 2 aromatic rings. The van der Waals surface area contributed by atoms with E-state index >= 15 is 0 Å². The van der Waals surface area contributed by atoms with Gasteiger partial charge in [0.05, 0.1) is 13.1 Å². The summed E-state index contributed by atoms with van der Waals surface area (Å²) in [4.78, 5) is 18.8. The number of hydrogen-bond acceptors (Lipinski definition) is 4. The van der Waals surface area contributed by atoms with Crippen LogP contribution in [0.2, 0.25) is 5.02 Å². The molecule has 0 radical (unpaired) electrons. The molecule has 1 aliphatic heterocycles. The quantitative estimate of drug-likeness (QED) is 0.778. The van der Waals surface area contributed by atoms with E-state index in [-0.39, 0.29) is 5.91 Å². The fourth-order valence-electron chi connectivity index (χ4n) is 3.20. The first-order valence-corrected chi connectivity index (χ1v) is 9.36. The van der Waals surface area contributed by atoms with Crippen LogP contribution in [0.3, 0.4) is 0 Å². The maximum Gasteiger partial charge on any atom is 0.236 e. The SMILES string of the molecule is Cc1ccc(CN(C)C(=O)CN2CCN(Cc3cccc(Cl)c3)CC2)o1. The third kappa shape index (κ3) is 5.34. The number of halogens is 1. The number of hydrogen-bond donors (Lipinski definition) is 0. The number of nitrogens with zero attached hydrogens (tertiary/aromatic N) is 3. The fourth-order valence-corrected chi connectivity index (χ4v) is 3.42. The van der Waals surface area contributed by atoms with Crippen molar-refractivity contribution in [3.63, 3.8) is 0 Å². The molecule has 1 aromatic carbocycles. The smallest absolute Gasteiger partial charge is 0.236 e. The first kappa shape index (κ1) is 19.0. The van der Waals surface area contributed by atoms with Gasteiger partial charge in [-0.2, -0.15) is 0 Å². The van der Waals surface area contributed by atoms with E-state index < -0.39 is 0 Å². The number of aryl methyl sites for hydroxylation is 1. The van der Waals surface area contributed by atoms with Crippen molar-refractivity contribution in [2.24, 2.45) is 0 Å². The summed E-state index contributed by atoms with van der Waals surface area (Å²) in [6.07, 6.45) is 0. The summed E-state index contributed by atoms with van der Waals surface area (Å²) in [5, 5.41) is 0.779. The highest BCUT2D eigenvalue weighted by Gasteiger charge is 2.21. The summed E-state index contributed by atoms with van der Waals surface area (Å²) in [6.45, 7) is 7.51. The van der Waals surface area contributed by atoms with Gasteiger partial charge in [-0.15, -0.1) is 0 Å². The first-order valence-electron chi connectivity index (χ1n) is 8.98. The van der Waals surface area contributed by atoms with Crippen LogP contribution < -0.4 is 0 Å². The molecule has 2 heterocycles. The maximum absolute atomic E-state index is 12.4. The van der Waals surface area contributed by atoms with E-state index in [9.17, 15) is 4.79 Å². The van der Waals surface area contributed by atoms with Crippen LogP contribution in [0.15, 0.2) is 40.8 Å². The average molecular weight is 376 g/mol. The largest absolute Gasteiger partial charge is 0.464 e. The molecule has 0 unspecified atom stereocenters. The van der Waals surface area contributed by atoms with E-state index in [1.165, 1.54) is 5.56 Å². The second-order valence-electron chi connectivity index (χ2n) is 6.94. The molecule has 5 nitrogen and oxygen atoms in total. The van der Waals surface area contributed by atoms with Gasteiger partial charge in [0, 0.05) is 44.8 Å². The van der Waals surface area contributed by atoms with Crippen LogP contribution >= 0.6 is 11.6 Å². The molecule has 1 fully saturated rings. The van der Waals surface area contributed by atoms with Gasteiger partial charge in [0.1, 0.15) is 11.5 Å². The molecular weight excluding hydrogens is 350 g/mol. The summed E-state index contributed by atoms with van der Waals surface area (Å²) in [6, 6.07) is 11.9. The Labute approximate surface area is 160 Å². The molecule has 0 saturated carbocycles. The number of rotatable bonds is 6. The van der Waals surface area contributed by atoms with Gasteiger partial charge in [-0.3, -0.25) is 14.6 Å². The fraction of sp³-hybridized carbons (Fsp3) is 0.450. The molecule has 140 valence electrons. The number of furan rings is 1. The number of amides is 1. The van der Waals surface area contributed by atoms with Crippen LogP contribution in [0.5, 0.6) is 0 Å².